The Morgan fingerprint density at radius 2 is 1.15 bits per heavy atom. The van der Waals surface area contributed by atoms with Crippen LogP contribution in [0.4, 0.5) is 26.3 Å². The standard InChI is InChI=1S/C4H3F6N3O4S2.Li.H/c5-3(6,7)18(14,15)12-2(1-11)13-19(16,17)4(8,9)10;;/h2,12-13H;;/q;+1;-1. The summed E-state index contributed by atoms with van der Waals surface area (Å²) >= 11 is 0. The molecule has 0 aliphatic heterocycles. The van der Waals surface area contributed by atoms with Gasteiger partial charge in [0.1, 0.15) is 0 Å². The van der Waals surface area contributed by atoms with Gasteiger partial charge in [-0.05, 0) is 0 Å². The van der Waals surface area contributed by atoms with E-state index in [0.29, 0.717) is 15.5 Å². The first kappa shape index (κ1) is 21.8. The summed E-state index contributed by atoms with van der Waals surface area (Å²) in [6.45, 7) is 0. The molecule has 0 radical (unpaired) electrons. The van der Waals surface area contributed by atoms with Gasteiger partial charge in [0.05, 0.1) is 6.07 Å². The van der Waals surface area contributed by atoms with Crippen LogP contribution >= 0.6 is 0 Å². The third-order valence-electron chi connectivity index (χ3n) is 1.28. The molecule has 0 rings (SSSR count). The summed E-state index contributed by atoms with van der Waals surface area (Å²) in [5.41, 5.74) is -11.8. The number of rotatable bonds is 4. The number of nitrogens with one attached hydrogen (secondary N) is 2. The van der Waals surface area contributed by atoms with E-state index in [4.69, 9.17) is 5.26 Å². The van der Waals surface area contributed by atoms with Crippen molar-refractivity contribution in [3.63, 3.8) is 0 Å². The van der Waals surface area contributed by atoms with Crippen LogP contribution in [-0.4, -0.2) is 34.0 Å². The first-order chi connectivity index (χ1) is 8.14. The van der Waals surface area contributed by atoms with Crippen LogP contribution in [0.5, 0.6) is 0 Å². The van der Waals surface area contributed by atoms with Gasteiger partial charge in [-0.15, -0.1) is 0 Å². The molecule has 0 aromatic heterocycles. The van der Waals surface area contributed by atoms with E-state index < -0.39 is 37.2 Å². The van der Waals surface area contributed by atoms with Crippen molar-refractivity contribution in [2.75, 3.05) is 0 Å². The van der Waals surface area contributed by atoms with Crippen LogP contribution in [0.25, 0.3) is 0 Å². The van der Waals surface area contributed by atoms with Gasteiger partial charge in [0.25, 0.3) is 0 Å². The molecule has 0 aromatic rings. The first-order valence-corrected chi connectivity index (χ1v) is 6.67. The van der Waals surface area contributed by atoms with Crippen molar-refractivity contribution in [2.24, 2.45) is 0 Å². The summed E-state index contributed by atoms with van der Waals surface area (Å²) in [4.78, 5) is 0. The Balaban J connectivity index is -0.00000162. The molecule has 7 nitrogen and oxygen atoms in total. The number of hydrogen-bond donors (Lipinski definition) is 2. The molecule has 0 heterocycles. The second kappa shape index (κ2) is 6.50. The molecule has 0 aliphatic carbocycles. The number of halogens is 6. The fraction of sp³-hybridized carbons (Fsp3) is 0.750. The van der Waals surface area contributed by atoms with E-state index in [0.717, 1.165) is 0 Å². The number of sulfonamides is 2. The van der Waals surface area contributed by atoms with E-state index in [1.165, 1.54) is 0 Å². The van der Waals surface area contributed by atoms with Crippen LogP contribution in [-0.2, 0) is 20.0 Å². The molecule has 2 N–H and O–H groups in total. The van der Waals surface area contributed by atoms with Gasteiger partial charge >= 0.3 is 49.9 Å². The topological polar surface area (TPSA) is 116 Å². The van der Waals surface area contributed by atoms with Crippen molar-refractivity contribution in [3.8, 4) is 6.07 Å². The summed E-state index contributed by atoms with van der Waals surface area (Å²) in [5.74, 6) is 0. The number of alkyl halides is 6. The predicted octanol–water partition coefficient (Wildman–Crippen LogP) is -3.17. The van der Waals surface area contributed by atoms with Crippen LogP contribution in [0.15, 0.2) is 0 Å². The Labute approximate surface area is 122 Å². The number of nitriles is 1. The number of hydrogen-bond acceptors (Lipinski definition) is 5. The van der Waals surface area contributed by atoms with E-state index >= 15 is 0 Å². The molecule has 0 bridgehead atoms. The van der Waals surface area contributed by atoms with Crippen LogP contribution in [0.3, 0.4) is 0 Å². The van der Waals surface area contributed by atoms with Gasteiger partial charge in [0.15, 0.2) is 6.17 Å². The summed E-state index contributed by atoms with van der Waals surface area (Å²) < 4.78 is 114. The molecule has 0 spiro atoms. The molecule has 0 unspecified atom stereocenters. The molecule has 0 amide bonds. The van der Waals surface area contributed by atoms with Crippen molar-refractivity contribution in [3.05, 3.63) is 0 Å². The van der Waals surface area contributed by atoms with Gasteiger partial charge in [-0.2, -0.15) is 41.0 Å². The first-order valence-electron chi connectivity index (χ1n) is 3.71. The van der Waals surface area contributed by atoms with Crippen molar-refractivity contribution in [2.45, 2.75) is 17.2 Å². The van der Waals surface area contributed by atoms with E-state index in [1.807, 2.05) is 0 Å². The minimum absolute atomic E-state index is 0. The summed E-state index contributed by atoms with van der Waals surface area (Å²) in [5, 5.41) is 8.15. The minimum Gasteiger partial charge on any atom is -1.00 e. The van der Waals surface area contributed by atoms with E-state index in [1.54, 1.807) is 0 Å². The normalized spacial score (nSPS) is 13.7. The Kier molecular flexibility index (Phi) is 7.08. The van der Waals surface area contributed by atoms with Crippen LogP contribution in [0.2, 0.25) is 0 Å². The SMILES string of the molecule is N#CC(NS(=O)(=O)C(F)(F)F)NS(=O)(=O)C(F)(F)F.[H-].[Li+]. The smallest absolute Gasteiger partial charge is 1.00 e. The average molecular weight is 343 g/mol. The van der Waals surface area contributed by atoms with Crippen molar-refractivity contribution < 1.29 is 63.5 Å². The fourth-order valence-electron chi connectivity index (χ4n) is 0.521. The van der Waals surface area contributed by atoms with Crippen molar-refractivity contribution >= 4 is 20.0 Å². The van der Waals surface area contributed by atoms with E-state index in [9.17, 15) is 43.2 Å². The van der Waals surface area contributed by atoms with Crippen molar-refractivity contribution in [1.29, 1.82) is 5.26 Å². The molecule has 20 heavy (non-hydrogen) atoms. The predicted molar refractivity (Wildman–Crippen MR) is 46.7 cm³/mol. The zero-order valence-electron chi connectivity index (χ0n) is 10.2. The fourth-order valence-corrected chi connectivity index (χ4v) is 1.71. The number of nitrogens with zero attached hydrogens (tertiary/aromatic N) is 1. The molecule has 16 heteroatoms. The van der Waals surface area contributed by atoms with Gasteiger partial charge in [-0.3, -0.25) is 0 Å². The Morgan fingerprint density at radius 1 is 0.900 bits per heavy atom. The summed E-state index contributed by atoms with van der Waals surface area (Å²) in [6, 6.07) is 0.578. The summed E-state index contributed by atoms with van der Waals surface area (Å²) in [7, 11) is -12.4. The molecular formula is C4H4F6LiN3O4S2. The molecule has 0 aromatic carbocycles. The maximum absolute atomic E-state index is 11.8. The van der Waals surface area contributed by atoms with Crippen molar-refractivity contribution in [1.82, 2.24) is 9.44 Å². The maximum atomic E-state index is 11.8. The van der Waals surface area contributed by atoms with E-state index in [2.05, 4.69) is 0 Å². The van der Waals surface area contributed by atoms with Crippen LogP contribution < -0.4 is 28.3 Å². The van der Waals surface area contributed by atoms with Gasteiger partial charge in [0, 0.05) is 0 Å². The quantitative estimate of drug-likeness (QED) is 0.317. The van der Waals surface area contributed by atoms with Gasteiger partial charge in [-0.25, -0.2) is 16.8 Å². The summed E-state index contributed by atoms with van der Waals surface area (Å²) in [6.07, 6.45) is -2.97. The molecule has 0 aliphatic rings. The average Bonchev–Trinajstić information content (AvgIpc) is 2.12. The largest absolute Gasteiger partial charge is 1.00 e. The molecule has 0 fully saturated rings. The maximum Gasteiger partial charge on any atom is 1.00 e. The second-order valence-electron chi connectivity index (χ2n) is 2.70. The molecule has 0 saturated heterocycles. The molecular weight excluding hydrogens is 339 g/mol. The monoisotopic (exact) mass is 343 g/mol. The molecule has 0 atom stereocenters. The third-order valence-corrected chi connectivity index (χ3v) is 3.60. The van der Waals surface area contributed by atoms with Crippen LogP contribution in [0, 0.1) is 11.3 Å². The van der Waals surface area contributed by atoms with Gasteiger partial charge in [-0.1, -0.05) is 0 Å². The minimum atomic E-state index is -6.19. The molecule has 114 valence electrons. The zero-order valence-corrected chi connectivity index (χ0v) is 10.9. The third kappa shape index (κ3) is 5.47. The van der Waals surface area contributed by atoms with Gasteiger partial charge in [0.2, 0.25) is 0 Å². The van der Waals surface area contributed by atoms with Gasteiger partial charge < -0.3 is 1.43 Å². The Bertz CT molecular complexity index is 535. The van der Waals surface area contributed by atoms with E-state index in [-0.39, 0.29) is 20.3 Å². The zero-order chi connectivity index (χ0) is 15.7. The molecule has 0 saturated carbocycles. The Hall–Kier alpha value is -0.513. The second-order valence-corrected chi connectivity index (χ2v) is 6.11. The Morgan fingerprint density at radius 3 is 1.30 bits per heavy atom. The van der Waals surface area contributed by atoms with Crippen LogP contribution in [0.1, 0.15) is 1.43 Å².